The topological polar surface area (TPSA) is 67.9 Å². The number of benzene rings is 1. The van der Waals surface area contributed by atoms with Crippen LogP contribution in [0.2, 0.25) is 10.0 Å². The Balaban J connectivity index is 2.80. The largest absolute Gasteiger partial charge is 0.340 e. The van der Waals surface area contributed by atoms with Crippen LogP contribution < -0.4 is 0 Å². The summed E-state index contributed by atoms with van der Waals surface area (Å²) in [7, 11) is 0. The van der Waals surface area contributed by atoms with Gasteiger partial charge in [0, 0.05) is 23.1 Å². The fourth-order valence-corrected chi connectivity index (χ4v) is 2.23. The van der Waals surface area contributed by atoms with E-state index in [1.54, 1.807) is 18.2 Å². The molecular weight excluding hydrogens is 297 g/mol. The minimum Gasteiger partial charge on any atom is -0.340 e. The molecule has 4 nitrogen and oxygen atoms in total. The van der Waals surface area contributed by atoms with Gasteiger partial charge in [0.05, 0.1) is 31.4 Å². The fraction of sp³-hybridized carbons (Fsp3) is 0.357. The van der Waals surface area contributed by atoms with E-state index in [-0.39, 0.29) is 25.2 Å². The molecule has 1 aromatic carbocycles. The molecule has 104 valence electrons. The minimum atomic E-state index is -0.189. The Bertz CT molecular complexity index is 522. The Morgan fingerprint density at radius 2 is 1.60 bits per heavy atom. The molecule has 0 aliphatic carbocycles. The molecule has 0 heterocycles. The predicted octanol–water partition coefficient (Wildman–Crippen LogP) is 3.19. The summed E-state index contributed by atoms with van der Waals surface area (Å²) in [6.45, 7) is 0.609. The SMILES string of the molecule is N#CCCN(CCC#N)C(=O)Cc1c(Cl)cccc1Cl. The first-order chi connectivity index (χ1) is 9.60. The molecule has 6 heteroatoms. The lowest BCUT2D eigenvalue weighted by Crippen LogP contribution is -2.34. The minimum absolute atomic E-state index is 0.0648. The first-order valence-electron chi connectivity index (χ1n) is 6.04. The molecule has 0 bridgehead atoms. The number of carbonyl (C=O) groups is 1. The maximum atomic E-state index is 12.2. The van der Waals surface area contributed by atoms with Crippen molar-refractivity contribution in [3.63, 3.8) is 0 Å². The van der Waals surface area contributed by atoms with Crippen molar-refractivity contribution < 1.29 is 4.79 Å². The van der Waals surface area contributed by atoms with Gasteiger partial charge in [-0.1, -0.05) is 29.3 Å². The van der Waals surface area contributed by atoms with Crippen molar-refractivity contribution in [3.05, 3.63) is 33.8 Å². The first kappa shape index (κ1) is 16.3. The predicted molar refractivity (Wildman–Crippen MR) is 77.2 cm³/mol. The van der Waals surface area contributed by atoms with Gasteiger partial charge in [0.25, 0.3) is 0 Å². The van der Waals surface area contributed by atoms with E-state index in [0.717, 1.165) is 0 Å². The van der Waals surface area contributed by atoms with Crippen LogP contribution in [0, 0.1) is 22.7 Å². The molecule has 1 rings (SSSR count). The van der Waals surface area contributed by atoms with Crippen LogP contribution in [0.4, 0.5) is 0 Å². The summed E-state index contributed by atoms with van der Waals surface area (Å²) in [6, 6.07) is 9.03. The van der Waals surface area contributed by atoms with Crippen LogP contribution in [0.25, 0.3) is 0 Å². The number of halogens is 2. The van der Waals surface area contributed by atoms with Crippen LogP contribution in [-0.4, -0.2) is 23.9 Å². The van der Waals surface area contributed by atoms with Crippen molar-refractivity contribution in [2.24, 2.45) is 0 Å². The van der Waals surface area contributed by atoms with E-state index in [1.165, 1.54) is 4.90 Å². The van der Waals surface area contributed by atoms with E-state index in [2.05, 4.69) is 0 Å². The zero-order valence-electron chi connectivity index (χ0n) is 10.8. The lowest BCUT2D eigenvalue weighted by Gasteiger charge is -2.21. The molecule has 0 aliphatic rings. The van der Waals surface area contributed by atoms with Gasteiger partial charge >= 0.3 is 0 Å². The zero-order valence-corrected chi connectivity index (χ0v) is 12.3. The van der Waals surface area contributed by atoms with Crippen molar-refractivity contribution in [3.8, 4) is 12.1 Å². The molecule has 0 unspecified atom stereocenters. The Morgan fingerprint density at radius 3 is 2.05 bits per heavy atom. The van der Waals surface area contributed by atoms with Gasteiger partial charge in [0.2, 0.25) is 5.91 Å². The van der Waals surface area contributed by atoms with E-state index in [1.807, 2.05) is 12.1 Å². The Morgan fingerprint density at radius 1 is 1.10 bits per heavy atom. The van der Waals surface area contributed by atoms with Crippen LogP contribution in [-0.2, 0) is 11.2 Å². The van der Waals surface area contributed by atoms with Crippen molar-refractivity contribution in [2.45, 2.75) is 19.3 Å². The number of rotatable bonds is 6. The summed E-state index contributed by atoms with van der Waals surface area (Å²) in [4.78, 5) is 13.7. The second-order valence-electron chi connectivity index (χ2n) is 4.07. The van der Waals surface area contributed by atoms with E-state index in [9.17, 15) is 4.79 Å². The van der Waals surface area contributed by atoms with E-state index in [4.69, 9.17) is 33.7 Å². The Kier molecular flexibility index (Phi) is 6.87. The molecule has 0 fully saturated rings. The quantitative estimate of drug-likeness (QED) is 0.810. The number of hydrogen-bond donors (Lipinski definition) is 0. The summed E-state index contributed by atoms with van der Waals surface area (Å²) < 4.78 is 0. The van der Waals surface area contributed by atoms with E-state index >= 15 is 0 Å². The van der Waals surface area contributed by atoms with Crippen LogP contribution >= 0.6 is 23.2 Å². The third-order valence-corrected chi connectivity index (χ3v) is 3.44. The van der Waals surface area contributed by atoms with Crippen LogP contribution in [0.15, 0.2) is 18.2 Å². The highest BCUT2D eigenvalue weighted by atomic mass is 35.5. The van der Waals surface area contributed by atoms with Crippen molar-refractivity contribution in [1.82, 2.24) is 4.90 Å². The smallest absolute Gasteiger partial charge is 0.227 e. The normalized spacial score (nSPS) is 9.60. The van der Waals surface area contributed by atoms with Gasteiger partial charge in [0.1, 0.15) is 0 Å². The number of hydrogen-bond acceptors (Lipinski definition) is 3. The van der Waals surface area contributed by atoms with Crippen molar-refractivity contribution in [1.29, 1.82) is 10.5 Å². The summed E-state index contributed by atoms with van der Waals surface area (Å²) in [6.07, 6.45) is 0.524. The first-order valence-corrected chi connectivity index (χ1v) is 6.80. The molecular formula is C14H13Cl2N3O. The molecule has 0 N–H and O–H groups in total. The molecule has 0 saturated carbocycles. The summed E-state index contributed by atoms with van der Waals surface area (Å²) in [5, 5.41) is 18.1. The van der Waals surface area contributed by atoms with Crippen molar-refractivity contribution in [2.75, 3.05) is 13.1 Å². The zero-order chi connectivity index (χ0) is 15.0. The highest BCUT2D eigenvalue weighted by molar-refractivity contribution is 6.36. The van der Waals surface area contributed by atoms with Gasteiger partial charge in [-0.3, -0.25) is 4.79 Å². The number of amides is 1. The third-order valence-electron chi connectivity index (χ3n) is 2.73. The summed E-state index contributed by atoms with van der Waals surface area (Å²) in [5.41, 5.74) is 0.569. The lowest BCUT2D eigenvalue weighted by molar-refractivity contribution is -0.130. The van der Waals surface area contributed by atoms with Crippen molar-refractivity contribution >= 4 is 29.1 Å². The van der Waals surface area contributed by atoms with Gasteiger partial charge in [-0.2, -0.15) is 10.5 Å². The molecule has 0 aromatic heterocycles. The molecule has 1 aromatic rings. The number of nitrogens with zero attached hydrogens (tertiary/aromatic N) is 3. The van der Waals surface area contributed by atoms with Gasteiger partial charge < -0.3 is 4.90 Å². The second kappa shape index (κ2) is 8.43. The number of carbonyl (C=O) groups excluding carboxylic acids is 1. The molecule has 0 aliphatic heterocycles. The molecule has 0 saturated heterocycles. The van der Waals surface area contributed by atoms with Crippen LogP contribution in [0.3, 0.4) is 0 Å². The Hall–Kier alpha value is -1.75. The molecule has 0 spiro atoms. The highest BCUT2D eigenvalue weighted by Crippen LogP contribution is 2.25. The van der Waals surface area contributed by atoms with Gasteiger partial charge in [-0.25, -0.2) is 0 Å². The van der Waals surface area contributed by atoms with Crippen LogP contribution in [0.5, 0.6) is 0 Å². The van der Waals surface area contributed by atoms with E-state index in [0.29, 0.717) is 28.7 Å². The number of nitriles is 2. The third kappa shape index (κ3) is 4.74. The Labute approximate surface area is 128 Å². The maximum Gasteiger partial charge on any atom is 0.227 e. The maximum absolute atomic E-state index is 12.2. The lowest BCUT2D eigenvalue weighted by atomic mass is 10.1. The average molecular weight is 310 g/mol. The summed E-state index contributed by atoms with van der Waals surface area (Å²) in [5.74, 6) is -0.189. The monoisotopic (exact) mass is 309 g/mol. The molecule has 1 amide bonds. The standard InChI is InChI=1S/C14H13Cl2N3O/c15-12-4-1-5-13(16)11(12)10-14(20)19(8-2-6-17)9-3-7-18/h1,4-5H,2-3,8-10H2. The van der Waals surface area contributed by atoms with Gasteiger partial charge in [0.15, 0.2) is 0 Å². The molecule has 0 atom stereocenters. The fourth-order valence-electron chi connectivity index (χ4n) is 1.70. The second-order valence-corrected chi connectivity index (χ2v) is 4.89. The van der Waals surface area contributed by atoms with Gasteiger partial charge in [-0.15, -0.1) is 0 Å². The van der Waals surface area contributed by atoms with E-state index < -0.39 is 0 Å². The highest BCUT2D eigenvalue weighted by Gasteiger charge is 2.16. The van der Waals surface area contributed by atoms with Gasteiger partial charge in [-0.05, 0) is 17.7 Å². The van der Waals surface area contributed by atoms with Crippen LogP contribution in [0.1, 0.15) is 18.4 Å². The molecule has 20 heavy (non-hydrogen) atoms. The molecule has 0 radical (unpaired) electrons. The average Bonchev–Trinajstić information content (AvgIpc) is 2.43. The summed E-state index contributed by atoms with van der Waals surface area (Å²) >= 11 is 12.1.